The predicted octanol–water partition coefficient (Wildman–Crippen LogP) is 2.67. The lowest BCUT2D eigenvalue weighted by Crippen LogP contribution is -1.80. The van der Waals surface area contributed by atoms with E-state index in [-0.39, 0.29) is 0 Å². The van der Waals surface area contributed by atoms with E-state index in [9.17, 15) is 0 Å². The number of rotatable bonds is 1. The number of hydrogen-bond acceptors (Lipinski definition) is 4. The molecule has 0 saturated carbocycles. The first-order valence-electron chi connectivity index (χ1n) is 3.67. The Bertz CT molecular complexity index is 427. The van der Waals surface area contributed by atoms with Gasteiger partial charge < -0.3 is 0 Å². The first kappa shape index (κ1) is 8.77. The summed E-state index contributed by atoms with van der Waals surface area (Å²) in [7, 11) is 0. The predicted molar refractivity (Wildman–Crippen MR) is 55.6 cm³/mol. The molecule has 0 radical (unpaired) electrons. The summed E-state index contributed by atoms with van der Waals surface area (Å²) in [6.45, 7) is 2.01. The van der Waals surface area contributed by atoms with Crippen LogP contribution in [0.3, 0.4) is 0 Å². The van der Waals surface area contributed by atoms with Crippen molar-refractivity contribution in [2.24, 2.45) is 0 Å². The lowest BCUT2D eigenvalue weighted by atomic mass is 10.2. The van der Waals surface area contributed by atoms with Crippen molar-refractivity contribution in [2.75, 3.05) is 0 Å². The van der Waals surface area contributed by atoms with Crippen LogP contribution in [0.15, 0.2) is 23.2 Å². The van der Waals surface area contributed by atoms with Gasteiger partial charge in [-0.15, -0.1) is 0 Å². The summed E-state index contributed by atoms with van der Waals surface area (Å²) in [4.78, 5) is 8.30. The maximum atomic E-state index is 4.21. The maximum Gasteiger partial charge on any atom is 0.209 e. The van der Waals surface area contributed by atoms with Crippen molar-refractivity contribution < 1.29 is 0 Å². The fourth-order valence-electron chi connectivity index (χ4n) is 0.995. The summed E-state index contributed by atoms with van der Waals surface area (Å²) < 4.78 is 4.68. The molecule has 2 aromatic rings. The number of pyridine rings is 1. The summed E-state index contributed by atoms with van der Waals surface area (Å²) in [5.74, 6) is 0. The van der Waals surface area contributed by atoms with Crippen LogP contribution in [0.1, 0.15) is 5.56 Å². The minimum absolute atomic E-state index is 0.633. The summed E-state index contributed by atoms with van der Waals surface area (Å²) >= 11 is 4.58. The second-order valence-corrected chi connectivity index (χ2v) is 4.08. The Morgan fingerprint density at radius 2 is 2.23 bits per heavy atom. The van der Waals surface area contributed by atoms with E-state index in [4.69, 9.17) is 0 Å². The van der Waals surface area contributed by atoms with E-state index in [0.29, 0.717) is 4.73 Å². The van der Waals surface area contributed by atoms with E-state index in [2.05, 4.69) is 30.3 Å². The summed E-state index contributed by atoms with van der Waals surface area (Å²) in [5.41, 5.74) is 2.15. The van der Waals surface area contributed by atoms with Crippen LogP contribution in [0.25, 0.3) is 10.6 Å². The van der Waals surface area contributed by atoms with Gasteiger partial charge in [-0.2, -0.15) is 4.37 Å². The molecular formula is C8H6BrN3S. The number of nitrogens with zero attached hydrogens (tertiary/aromatic N) is 3. The SMILES string of the molecule is Cc1cncc(-c2nc(Br)ns2)c1. The molecule has 0 saturated heterocycles. The largest absolute Gasteiger partial charge is 0.264 e. The topological polar surface area (TPSA) is 38.7 Å². The van der Waals surface area contributed by atoms with Gasteiger partial charge in [0.25, 0.3) is 0 Å². The van der Waals surface area contributed by atoms with Crippen LogP contribution in [0.2, 0.25) is 0 Å². The van der Waals surface area contributed by atoms with E-state index < -0.39 is 0 Å². The van der Waals surface area contributed by atoms with Gasteiger partial charge in [-0.3, -0.25) is 4.98 Å². The van der Waals surface area contributed by atoms with E-state index in [0.717, 1.165) is 16.1 Å². The van der Waals surface area contributed by atoms with Crippen molar-refractivity contribution in [2.45, 2.75) is 6.92 Å². The van der Waals surface area contributed by atoms with Crippen molar-refractivity contribution in [3.05, 3.63) is 28.8 Å². The van der Waals surface area contributed by atoms with E-state index in [1.54, 1.807) is 6.20 Å². The average molecular weight is 256 g/mol. The van der Waals surface area contributed by atoms with Crippen LogP contribution < -0.4 is 0 Å². The fraction of sp³-hybridized carbons (Fsp3) is 0.125. The van der Waals surface area contributed by atoms with Gasteiger partial charge in [-0.1, -0.05) is 0 Å². The molecule has 0 unspecified atom stereocenters. The highest BCUT2D eigenvalue weighted by Crippen LogP contribution is 2.22. The first-order chi connectivity index (χ1) is 6.25. The van der Waals surface area contributed by atoms with E-state index in [1.807, 2.05) is 19.2 Å². The molecule has 0 fully saturated rings. The third kappa shape index (κ3) is 1.92. The number of aryl methyl sites for hydroxylation is 1. The Morgan fingerprint density at radius 3 is 2.85 bits per heavy atom. The molecule has 2 aromatic heterocycles. The summed E-state index contributed by atoms with van der Waals surface area (Å²) in [6, 6.07) is 2.04. The Balaban J connectivity index is 2.46. The molecule has 0 spiro atoms. The molecule has 0 aliphatic carbocycles. The van der Waals surface area contributed by atoms with Crippen LogP contribution in [0, 0.1) is 6.92 Å². The van der Waals surface area contributed by atoms with Gasteiger partial charge in [0.2, 0.25) is 4.73 Å². The molecule has 0 amide bonds. The average Bonchev–Trinajstić information content (AvgIpc) is 2.52. The first-order valence-corrected chi connectivity index (χ1v) is 5.23. The highest BCUT2D eigenvalue weighted by molar-refractivity contribution is 9.10. The molecule has 5 heteroatoms. The Labute approximate surface area is 88.2 Å². The monoisotopic (exact) mass is 255 g/mol. The van der Waals surface area contributed by atoms with Gasteiger partial charge in [-0.25, -0.2) is 4.98 Å². The molecule has 13 heavy (non-hydrogen) atoms. The lowest BCUT2D eigenvalue weighted by molar-refractivity contribution is 1.23. The van der Waals surface area contributed by atoms with Crippen LogP contribution in [-0.2, 0) is 0 Å². The zero-order valence-corrected chi connectivity index (χ0v) is 9.26. The molecule has 3 nitrogen and oxygen atoms in total. The highest BCUT2D eigenvalue weighted by Gasteiger charge is 2.04. The van der Waals surface area contributed by atoms with Gasteiger partial charge in [0.1, 0.15) is 5.01 Å². The zero-order chi connectivity index (χ0) is 9.26. The second-order valence-electron chi connectivity index (χ2n) is 2.62. The van der Waals surface area contributed by atoms with Crippen LogP contribution in [0.4, 0.5) is 0 Å². The quantitative estimate of drug-likeness (QED) is 0.787. The number of aromatic nitrogens is 3. The van der Waals surface area contributed by atoms with Crippen molar-refractivity contribution in [3.8, 4) is 10.6 Å². The van der Waals surface area contributed by atoms with E-state index >= 15 is 0 Å². The molecule has 66 valence electrons. The normalized spacial score (nSPS) is 10.3. The standard InChI is InChI=1S/C8H6BrN3S/c1-5-2-6(4-10-3-5)7-11-8(9)12-13-7/h2-4H,1H3. The molecule has 2 rings (SSSR count). The van der Waals surface area contributed by atoms with Crippen molar-refractivity contribution in [1.82, 2.24) is 14.3 Å². The molecule has 0 aliphatic rings. The third-order valence-corrected chi connectivity index (χ3v) is 2.88. The zero-order valence-electron chi connectivity index (χ0n) is 6.86. The van der Waals surface area contributed by atoms with Gasteiger partial charge in [-0.05, 0) is 46.0 Å². The molecule has 0 aliphatic heterocycles. The van der Waals surface area contributed by atoms with Gasteiger partial charge >= 0.3 is 0 Å². The Morgan fingerprint density at radius 1 is 1.38 bits per heavy atom. The van der Waals surface area contributed by atoms with Crippen LogP contribution in [0.5, 0.6) is 0 Å². The number of hydrogen-bond donors (Lipinski definition) is 0. The fourth-order valence-corrected chi connectivity index (χ4v) is 2.05. The molecule has 0 N–H and O–H groups in total. The molecule has 0 atom stereocenters. The molecule has 2 heterocycles. The van der Waals surface area contributed by atoms with Gasteiger partial charge in [0.15, 0.2) is 0 Å². The highest BCUT2D eigenvalue weighted by atomic mass is 79.9. The van der Waals surface area contributed by atoms with Crippen molar-refractivity contribution in [3.63, 3.8) is 0 Å². The van der Waals surface area contributed by atoms with Gasteiger partial charge in [0, 0.05) is 18.0 Å². The maximum absolute atomic E-state index is 4.21. The molecule has 0 bridgehead atoms. The minimum atomic E-state index is 0.633. The Kier molecular flexibility index (Phi) is 2.37. The summed E-state index contributed by atoms with van der Waals surface area (Å²) in [6.07, 6.45) is 3.61. The minimum Gasteiger partial charge on any atom is -0.264 e. The number of halogens is 1. The van der Waals surface area contributed by atoms with E-state index in [1.165, 1.54) is 11.5 Å². The Hall–Kier alpha value is -0.810. The summed E-state index contributed by atoms with van der Waals surface area (Å²) in [5, 5.41) is 0.892. The van der Waals surface area contributed by atoms with Crippen molar-refractivity contribution >= 4 is 27.5 Å². The van der Waals surface area contributed by atoms with Crippen molar-refractivity contribution in [1.29, 1.82) is 0 Å². The molecule has 0 aromatic carbocycles. The molecular weight excluding hydrogens is 250 g/mol. The second kappa shape index (κ2) is 3.51. The van der Waals surface area contributed by atoms with Crippen LogP contribution in [-0.4, -0.2) is 14.3 Å². The van der Waals surface area contributed by atoms with Crippen LogP contribution >= 0.6 is 27.5 Å². The third-order valence-electron chi connectivity index (χ3n) is 1.52. The lowest BCUT2D eigenvalue weighted by Gasteiger charge is -1.94. The smallest absolute Gasteiger partial charge is 0.209 e. The van der Waals surface area contributed by atoms with Gasteiger partial charge in [0.05, 0.1) is 0 Å².